The van der Waals surface area contributed by atoms with Gasteiger partial charge in [-0.25, -0.2) is 0 Å². The van der Waals surface area contributed by atoms with E-state index in [-0.39, 0.29) is 11.5 Å². The Kier molecular flexibility index (Phi) is 1.12. The molecule has 48 valence electrons. The Labute approximate surface area is 50.7 Å². The van der Waals surface area contributed by atoms with Gasteiger partial charge in [0.15, 0.2) is 0 Å². The normalized spacial score (nSPS) is 43.5. The van der Waals surface area contributed by atoms with E-state index >= 15 is 0 Å². The second-order valence-corrected chi connectivity index (χ2v) is 3.47. The maximum absolute atomic E-state index is 9.15. The molecule has 0 radical (unpaired) electrons. The van der Waals surface area contributed by atoms with Crippen LogP contribution in [0.15, 0.2) is 0 Å². The third-order valence-corrected chi connectivity index (χ3v) is 2.71. The molecule has 1 nitrogen and oxygen atoms in total. The predicted octanol–water partition coefficient (Wildman–Crippen LogP) is 1.41. The maximum Gasteiger partial charge on any atom is 0.0596 e. The van der Waals surface area contributed by atoms with E-state index in [1.54, 1.807) is 0 Å². The second-order valence-electron chi connectivity index (χ2n) is 3.47. The van der Waals surface area contributed by atoms with Crippen LogP contribution in [0.1, 0.15) is 27.2 Å². The van der Waals surface area contributed by atoms with Crippen molar-refractivity contribution in [3.8, 4) is 0 Å². The quantitative estimate of drug-likeness (QED) is 0.505. The molecular formula is C7H14O. The van der Waals surface area contributed by atoms with Gasteiger partial charge in [-0.05, 0) is 17.8 Å². The highest BCUT2D eigenvalue weighted by Crippen LogP contribution is 2.45. The number of rotatable bonds is 0. The lowest BCUT2D eigenvalue weighted by molar-refractivity contribution is -0.0897. The average molecular weight is 114 g/mol. The summed E-state index contributed by atoms with van der Waals surface area (Å²) in [5.41, 5.74) is 0.194. The van der Waals surface area contributed by atoms with Gasteiger partial charge in [0.2, 0.25) is 0 Å². The van der Waals surface area contributed by atoms with Crippen LogP contribution in [-0.4, -0.2) is 11.2 Å². The molecule has 0 aromatic heterocycles. The molecule has 2 unspecified atom stereocenters. The third kappa shape index (κ3) is 0.576. The fraction of sp³-hybridized carbons (Fsp3) is 1.00. The summed E-state index contributed by atoms with van der Waals surface area (Å²) in [6, 6.07) is 0. The van der Waals surface area contributed by atoms with E-state index in [1.807, 2.05) is 0 Å². The van der Waals surface area contributed by atoms with E-state index < -0.39 is 0 Å². The predicted molar refractivity (Wildman–Crippen MR) is 33.6 cm³/mol. The lowest BCUT2D eigenvalue weighted by Gasteiger charge is -2.47. The highest BCUT2D eigenvalue weighted by atomic mass is 16.3. The first-order valence-electron chi connectivity index (χ1n) is 3.23. The summed E-state index contributed by atoms with van der Waals surface area (Å²) < 4.78 is 0. The van der Waals surface area contributed by atoms with E-state index in [0.717, 1.165) is 6.42 Å². The van der Waals surface area contributed by atoms with Gasteiger partial charge < -0.3 is 5.11 Å². The van der Waals surface area contributed by atoms with Crippen LogP contribution in [0.5, 0.6) is 0 Å². The summed E-state index contributed by atoms with van der Waals surface area (Å²) in [5, 5.41) is 9.15. The molecule has 0 aromatic rings. The molecule has 1 fully saturated rings. The smallest absolute Gasteiger partial charge is 0.0596 e. The van der Waals surface area contributed by atoms with Gasteiger partial charge in [-0.3, -0.25) is 0 Å². The molecule has 0 spiro atoms. The minimum atomic E-state index is -0.0440. The summed E-state index contributed by atoms with van der Waals surface area (Å²) in [6.07, 6.45) is 0.949. The molecule has 1 aliphatic carbocycles. The molecular weight excluding hydrogens is 100 g/mol. The molecule has 0 aliphatic heterocycles. The SMILES string of the molecule is CC1CC(O)C1(C)C. The summed E-state index contributed by atoms with van der Waals surface area (Å²) in [7, 11) is 0. The minimum absolute atomic E-state index is 0.0440. The Morgan fingerprint density at radius 3 is 2.00 bits per heavy atom. The molecule has 0 bridgehead atoms. The van der Waals surface area contributed by atoms with E-state index in [9.17, 15) is 0 Å². The molecule has 0 amide bonds. The lowest BCUT2D eigenvalue weighted by atomic mass is 9.61. The van der Waals surface area contributed by atoms with Crippen LogP contribution in [0.3, 0.4) is 0 Å². The van der Waals surface area contributed by atoms with Crippen molar-refractivity contribution in [2.45, 2.75) is 33.3 Å². The molecule has 1 aliphatic rings. The average Bonchev–Trinajstić information content (AvgIpc) is 1.68. The summed E-state index contributed by atoms with van der Waals surface area (Å²) >= 11 is 0. The van der Waals surface area contributed by atoms with Crippen LogP contribution in [0.25, 0.3) is 0 Å². The first kappa shape index (κ1) is 6.09. The number of aliphatic hydroxyl groups is 1. The minimum Gasteiger partial charge on any atom is -0.393 e. The van der Waals surface area contributed by atoms with Crippen LogP contribution < -0.4 is 0 Å². The molecule has 1 heteroatoms. The molecule has 2 atom stereocenters. The molecule has 0 saturated heterocycles. The number of aliphatic hydroxyl groups excluding tert-OH is 1. The van der Waals surface area contributed by atoms with Crippen molar-refractivity contribution in [2.24, 2.45) is 11.3 Å². The van der Waals surface area contributed by atoms with Crippen molar-refractivity contribution >= 4 is 0 Å². The van der Waals surface area contributed by atoms with Crippen molar-refractivity contribution < 1.29 is 5.11 Å². The van der Waals surface area contributed by atoms with Crippen LogP contribution in [0.4, 0.5) is 0 Å². The Hall–Kier alpha value is -0.0400. The second kappa shape index (κ2) is 1.47. The largest absolute Gasteiger partial charge is 0.393 e. The third-order valence-electron chi connectivity index (χ3n) is 2.71. The molecule has 1 rings (SSSR count). The van der Waals surface area contributed by atoms with E-state index in [4.69, 9.17) is 5.11 Å². The van der Waals surface area contributed by atoms with Gasteiger partial charge in [0.1, 0.15) is 0 Å². The van der Waals surface area contributed by atoms with Gasteiger partial charge in [-0.2, -0.15) is 0 Å². The first-order chi connectivity index (χ1) is 3.55. The standard InChI is InChI=1S/C7H14O/c1-5-4-6(8)7(5,2)3/h5-6,8H,4H2,1-3H3. The zero-order valence-corrected chi connectivity index (χ0v) is 5.81. The van der Waals surface area contributed by atoms with Crippen LogP contribution in [-0.2, 0) is 0 Å². The highest BCUT2D eigenvalue weighted by Gasteiger charge is 2.43. The maximum atomic E-state index is 9.15. The van der Waals surface area contributed by atoms with Gasteiger partial charge in [-0.15, -0.1) is 0 Å². The summed E-state index contributed by atoms with van der Waals surface area (Å²) in [4.78, 5) is 0. The van der Waals surface area contributed by atoms with Crippen molar-refractivity contribution in [2.75, 3.05) is 0 Å². The van der Waals surface area contributed by atoms with E-state index in [0.29, 0.717) is 5.92 Å². The molecule has 8 heavy (non-hydrogen) atoms. The lowest BCUT2D eigenvalue weighted by Crippen LogP contribution is -2.47. The number of hydrogen-bond acceptors (Lipinski definition) is 1. The number of hydrogen-bond donors (Lipinski definition) is 1. The summed E-state index contributed by atoms with van der Waals surface area (Å²) in [6.45, 7) is 6.42. The molecule has 1 N–H and O–H groups in total. The summed E-state index contributed by atoms with van der Waals surface area (Å²) in [5.74, 6) is 0.706. The highest BCUT2D eigenvalue weighted by molar-refractivity contribution is 4.93. The van der Waals surface area contributed by atoms with Crippen LogP contribution >= 0.6 is 0 Å². The van der Waals surface area contributed by atoms with Crippen molar-refractivity contribution in [3.05, 3.63) is 0 Å². The van der Waals surface area contributed by atoms with Crippen molar-refractivity contribution in [3.63, 3.8) is 0 Å². The fourth-order valence-corrected chi connectivity index (χ4v) is 1.11. The van der Waals surface area contributed by atoms with Crippen LogP contribution in [0.2, 0.25) is 0 Å². The topological polar surface area (TPSA) is 20.2 Å². The Morgan fingerprint density at radius 2 is 2.00 bits per heavy atom. The Balaban J connectivity index is 2.52. The van der Waals surface area contributed by atoms with Gasteiger partial charge in [0.05, 0.1) is 6.10 Å². The molecule has 0 heterocycles. The van der Waals surface area contributed by atoms with Crippen molar-refractivity contribution in [1.29, 1.82) is 0 Å². The zero-order valence-electron chi connectivity index (χ0n) is 5.81. The van der Waals surface area contributed by atoms with E-state index in [2.05, 4.69) is 20.8 Å². The first-order valence-corrected chi connectivity index (χ1v) is 3.23. The van der Waals surface area contributed by atoms with Gasteiger partial charge in [0, 0.05) is 0 Å². The van der Waals surface area contributed by atoms with Crippen molar-refractivity contribution in [1.82, 2.24) is 0 Å². The molecule has 1 saturated carbocycles. The Morgan fingerprint density at radius 1 is 1.50 bits per heavy atom. The fourth-order valence-electron chi connectivity index (χ4n) is 1.11. The zero-order chi connectivity index (χ0) is 6.36. The van der Waals surface area contributed by atoms with Gasteiger partial charge >= 0.3 is 0 Å². The Bertz CT molecular complexity index is 86.6. The molecule has 0 aromatic carbocycles. The van der Waals surface area contributed by atoms with E-state index in [1.165, 1.54) is 0 Å². The van der Waals surface area contributed by atoms with Gasteiger partial charge in [-0.1, -0.05) is 20.8 Å². The van der Waals surface area contributed by atoms with Gasteiger partial charge in [0.25, 0.3) is 0 Å². The van der Waals surface area contributed by atoms with Crippen LogP contribution in [0, 0.1) is 11.3 Å². The monoisotopic (exact) mass is 114 g/mol.